The Kier molecular flexibility index (Phi) is 7.33. The minimum Gasteiger partial charge on any atom is -0.481 e. The van der Waals surface area contributed by atoms with Gasteiger partial charge in [-0.1, -0.05) is 0 Å². The minimum atomic E-state index is -4.40. The van der Waals surface area contributed by atoms with Gasteiger partial charge in [0.2, 0.25) is 5.91 Å². The molecule has 1 unspecified atom stereocenters. The molecule has 2 N–H and O–H groups in total. The standard InChI is InChI=1S/C10H16F3NO4/c1-7(2-3-9(16)17)14-8(15)4-5-18-6-10(11,12)13/h7H,2-6H2,1H3,(H,14,15)(H,16,17). The maximum Gasteiger partial charge on any atom is 0.411 e. The summed E-state index contributed by atoms with van der Waals surface area (Å²) in [5.41, 5.74) is 0. The second-order valence-electron chi connectivity index (χ2n) is 3.82. The number of ether oxygens (including phenoxy) is 1. The van der Waals surface area contributed by atoms with E-state index in [9.17, 15) is 22.8 Å². The summed E-state index contributed by atoms with van der Waals surface area (Å²) >= 11 is 0. The van der Waals surface area contributed by atoms with Crippen molar-refractivity contribution in [2.24, 2.45) is 0 Å². The van der Waals surface area contributed by atoms with E-state index < -0.39 is 24.7 Å². The van der Waals surface area contributed by atoms with Gasteiger partial charge >= 0.3 is 12.1 Å². The molecule has 0 saturated heterocycles. The second kappa shape index (κ2) is 7.91. The van der Waals surface area contributed by atoms with Gasteiger partial charge in [0.05, 0.1) is 6.61 Å². The van der Waals surface area contributed by atoms with E-state index in [1.165, 1.54) is 0 Å². The van der Waals surface area contributed by atoms with Gasteiger partial charge < -0.3 is 15.2 Å². The van der Waals surface area contributed by atoms with Crippen LogP contribution in [0.2, 0.25) is 0 Å². The van der Waals surface area contributed by atoms with Crippen molar-refractivity contribution < 1.29 is 32.6 Å². The lowest BCUT2D eigenvalue weighted by Gasteiger charge is -2.13. The van der Waals surface area contributed by atoms with Crippen molar-refractivity contribution in [2.45, 2.75) is 38.4 Å². The molecule has 8 heteroatoms. The van der Waals surface area contributed by atoms with Crippen molar-refractivity contribution in [3.05, 3.63) is 0 Å². The van der Waals surface area contributed by atoms with Crippen LogP contribution in [-0.2, 0) is 14.3 Å². The van der Waals surface area contributed by atoms with Crippen molar-refractivity contribution in [1.29, 1.82) is 0 Å². The number of carboxylic acid groups (broad SMARTS) is 1. The van der Waals surface area contributed by atoms with Crippen LogP contribution in [0.5, 0.6) is 0 Å². The Labute approximate surface area is 102 Å². The number of alkyl halides is 3. The van der Waals surface area contributed by atoms with Crippen LogP contribution in [0.15, 0.2) is 0 Å². The normalized spacial score (nSPS) is 13.1. The molecule has 0 aromatic rings. The second-order valence-corrected chi connectivity index (χ2v) is 3.82. The highest BCUT2D eigenvalue weighted by molar-refractivity contribution is 5.76. The third-order valence-electron chi connectivity index (χ3n) is 1.94. The molecule has 0 aromatic heterocycles. The summed E-state index contributed by atoms with van der Waals surface area (Å²) in [5, 5.41) is 10.9. The van der Waals surface area contributed by atoms with Crippen molar-refractivity contribution in [1.82, 2.24) is 5.32 Å². The van der Waals surface area contributed by atoms with Crippen LogP contribution >= 0.6 is 0 Å². The Hall–Kier alpha value is -1.31. The molecular weight excluding hydrogens is 255 g/mol. The zero-order valence-corrected chi connectivity index (χ0v) is 9.92. The molecule has 1 atom stereocenters. The molecule has 0 fully saturated rings. The number of hydrogen-bond acceptors (Lipinski definition) is 3. The number of aliphatic carboxylic acids is 1. The maximum absolute atomic E-state index is 11.7. The first kappa shape index (κ1) is 16.7. The zero-order chi connectivity index (χ0) is 14.2. The molecule has 0 aliphatic heterocycles. The first-order chi connectivity index (χ1) is 8.20. The van der Waals surface area contributed by atoms with Gasteiger partial charge in [0.15, 0.2) is 0 Å². The lowest BCUT2D eigenvalue weighted by atomic mass is 10.2. The zero-order valence-electron chi connectivity index (χ0n) is 9.92. The maximum atomic E-state index is 11.7. The highest BCUT2D eigenvalue weighted by Crippen LogP contribution is 2.14. The molecule has 0 rings (SSSR count). The quantitative estimate of drug-likeness (QED) is 0.653. The van der Waals surface area contributed by atoms with Crippen LogP contribution in [0.4, 0.5) is 13.2 Å². The van der Waals surface area contributed by atoms with Crippen LogP contribution in [0.1, 0.15) is 26.2 Å². The Morgan fingerprint density at radius 2 is 1.94 bits per heavy atom. The molecular formula is C10H16F3NO4. The summed E-state index contributed by atoms with van der Waals surface area (Å²) < 4.78 is 39.3. The number of carboxylic acids is 1. The topological polar surface area (TPSA) is 75.6 Å². The largest absolute Gasteiger partial charge is 0.481 e. The molecule has 0 aliphatic carbocycles. The van der Waals surface area contributed by atoms with E-state index >= 15 is 0 Å². The van der Waals surface area contributed by atoms with Gasteiger partial charge in [-0.3, -0.25) is 9.59 Å². The molecule has 18 heavy (non-hydrogen) atoms. The fraction of sp³-hybridized carbons (Fsp3) is 0.800. The van der Waals surface area contributed by atoms with Gasteiger partial charge in [-0.25, -0.2) is 0 Å². The van der Waals surface area contributed by atoms with Crippen molar-refractivity contribution >= 4 is 11.9 Å². The number of halogens is 3. The fourth-order valence-corrected chi connectivity index (χ4v) is 1.11. The molecule has 106 valence electrons. The van der Waals surface area contributed by atoms with Gasteiger partial charge in [0.1, 0.15) is 6.61 Å². The van der Waals surface area contributed by atoms with Gasteiger partial charge in [-0.05, 0) is 13.3 Å². The number of nitrogens with one attached hydrogen (secondary N) is 1. The first-order valence-corrected chi connectivity index (χ1v) is 5.36. The Balaban J connectivity index is 3.62. The molecule has 0 radical (unpaired) electrons. The van der Waals surface area contributed by atoms with E-state index in [0.29, 0.717) is 0 Å². The number of carbonyl (C=O) groups excluding carboxylic acids is 1. The average Bonchev–Trinajstić information content (AvgIpc) is 2.20. The SMILES string of the molecule is CC(CCC(=O)O)NC(=O)CCOCC(F)(F)F. The Morgan fingerprint density at radius 1 is 1.33 bits per heavy atom. The molecule has 0 spiro atoms. The van der Waals surface area contributed by atoms with Gasteiger partial charge in [-0.2, -0.15) is 13.2 Å². The van der Waals surface area contributed by atoms with E-state index in [0.717, 1.165) is 0 Å². The Bertz CT molecular complexity index is 281. The summed E-state index contributed by atoms with van der Waals surface area (Å²) in [6, 6.07) is -0.337. The molecule has 0 saturated carbocycles. The summed E-state index contributed by atoms with van der Waals surface area (Å²) in [5.74, 6) is -1.43. The van der Waals surface area contributed by atoms with Gasteiger partial charge in [-0.15, -0.1) is 0 Å². The summed E-state index contributed by atoms with van der Waals surface area (Å²) in [4.78, 5) is 21.5. The first-order valence-electron chi connectivity index (χ1n) is 5.36. The van der Waals surface area contributed by atoms with E-state index in [4.69, 9.17) is 5.11 Å². The molecule has 5 nitrogen and oxygen atoms in total. The fourth-order valence-electron chi connectivity index (χ4n) is 1.11. The van der Waals surface area contributed by atoms with Crippen LogP contribution in [0.3, 0.4) is 0 Å². The summed E-state index contributed by atoms with van der Waals surface area (Å²) in [6.45, 7) is -0.0801. The number of carbonyl (C=O) groups is 2. The molecule has 0 aromatic carbocycles. The van der Waals surface area contributed by atoms with E-state index in [1.54, 1.807) is 6.92 Å². The molecule has 0 heterocycles. The van der Waals surface area contributed by atoms with E-state index in [-0.39, 0.29) is 31.9 Å². The predicted octanol–water partition coefficient (Wildman–Crippen LogP) is 1.32. The highest BCUT2D eigenvalue weighted by Gasteiger charge is 2.27. The minimum absolute atomic E-state index is 0.0774. The van der Waals surface area contributed by atoms with Crippen LogP contribution in [0, 0.1) is 0 Å². The third kappa shape index (κ3) is 11.2. The van der Waals surface area contributed by atoms with E-state index in [1.807, 2.05) is 0 Å². The summed E-state index contributed by atoms with van der Waals surface area (Å²) in [6.07, 6.45) is -4.39. The molecule has 1 amide bonds. The smallest absolute Gasteiger partial charge is 0.411 e. The Morgan fingerprint density at radius 3 is 2.44 bits per heavy atom. The van der Waals surface area contributed by atoms with Crippen molar-refractivity contribution in [3.8, 4) is 0 Å². The van der Waals surface area contributed by atoms with Crippen LogP contribution < -0.4 is 5.32 Å². The van der Waals surface area contributed by atoms with Crippen molar-refractivity contribution in [3.63, 3.8) is 0 Å². The number of amides is 1. The molecule has 0 bridgehead atoms. The van der Waals surface area contributed by atoms with E-state index in [2.05, 4.69) is 10.1 Å². The van der Waals surface area contributed by atoms with Crippen molar-refractivity contribution in [2.75, 3.05) is 13.2 Å². The lowest BCUT2D eigenvalue weighted by Crippen LogP contribution is -2.33. The van der Waals surface area contributed by atoms with Gasteiger partial charge in [0.25, 0.3) is 0 Å². The monoisotopic (exact) mass is 271 g/mol. The lowest BCUT2D eigenvalue weighted by molar-refractivity contribution is -0.174. The van der Waals surface area contributed by atoms with Gasteiger partial charge in [0, 0.05) is 18.9 Å². The van der Waals surface area contributed by atoms with Crippen LogP contribution in [0.25, 0.3) is 0 Å². The predicted molar refractivity (Wildman–Crippen MR) is 56.0 cm³/mol. The highest BCUT2D eigenvalue weighted by atomic mass is 19.4. The average molecular weight is 271 g/mol. The summed E-state index contributed by atoms with van der Waals surface area (Å²) in [7, 11) is 0. The third-order valence-corrected chi connectivity index (χ3v) is 1.94. The number of hydrogen-bond donors (Lipinski definition) is 2. The number of rotatable bonds is 8. The molecule has 0 aliphatic rings. The van der Waals surface area contributed by atoms with Crippen LogP contribution in [-0.4, -0.2) is 42.4 Å².